The molecule has 0 aliphatic heterocycles. The maximum atomic E-state index is 12.8. The minimum atomic E-state index is -0.223. The average molecular weight is 288 g/mol. The van der Waals surface area contributed by atoms with E-state index in [2.05, 4.69) is 18.7 Å². The van der Waals surface area contributed by atoms with E-state index in [0.29, 0.717) is 12.0 Å². The predicted molar refractivity (Wildman–Crippen MR) is 86.7 cm³/mol. The molecule has 2 unspecified atom stereocenters. The summed E-state index contributed by atoms with van der Waals surface area (Å²) < 4.78 is 0. The predicted octanol–water partition coefficient (Wildman–Crippen LogP) is 3.36. The summed E-state index contributed by atoms with van der Waals surface area (Å²) in [6, 6.07) is 10.2. The van der Waals surface area contributed by atoms with Crippen molar-refractivity contribution in [1.82, 2.24) is 4.90 Å². The molecule has 116 valence electrons. The van der Waals surface area contributed by atoms with Crippen molar-refractivity contribution in [2.75, 3.05) is 6.54 Å². The topological polar surface area (TPSA) is 46.3 Å². The van der Waals surface area contributed by atoms with Gasteiger partial charge in [0, 0.05) is 18.6 Å². The number of hydrogen-bond donors (Lipinski definition) is 1. The molecule has 1 aliphatic carbocycles. The molecule has 2 atom stereocenters. The van der Waals surface area contributed by atoms with Gasteiger partial charge in [-0.1, -0.05) is 51.1 Å². The van der Waals surface area contributed by atoms with E-state index in [0.717, 1.165) is 31.4 Å². The van der Waals surface area contributed by atoms with Crippen LogP contribution in [-0.2, 0) is 4.79 Å². The summed E-state index contributed by atoms with van der Waals surface area (Å²) in [7, 11) is 0. The molecule has 1 fully saturated rings. The summed E-state index contributed by atoms with van der Waals surface area (Å²) in [6.07, 6.45) is 3.36. The monoisotopic (exact) mass is 288 g/mol. The Morgan fingerprint density at radius 1 is 1.24 bits per heavy atom. The van der Waals surface area contributed by atoms with Crippen LogP contribution >= 0.6 is 0 Å². The Morgan fingerprint density at radius 3 is 2.38 bits per heavy atom. The third-order valence-corrected chi connectivity index (χ3v) is 4.33. The molecule has 3 nitrogen and oxygen atoms in total. The van der Waals surface area contributed by atoms with Gasteiger partial charge in [-0.15, -0.1) is 0 Å². The molecule has 0 heterocycles. The van der Waals surface area contributed by atoms with E-state index >= 15 is 0 Å². The molecule has 3 heteroatoms. The first-order valence-electron chi connectivity index (χ1n) is 8.11. The van der Waals surface area contributed by atoms with Gasteiger partial charge in [0.15, 0.2) is 0 Å². The standard InChI is InChI=1S/C18H28N2O/c1-13(2)11-12-20(16-9-10-16)18(21)14(3)17(19)15-7-5-4-6-8-15/h4-8,13-14,16-17H,9-12,19H2,1-3H3. The van der Waals surface area contributed by atoms with Gasteiger partial charge >= 0.3 is 0 Å². The third-order valence-electron chi connectivity index (χ3n) is 4.33. The fourth-order valence-electron chi connectivity index (χ4n) is 2.64. The van der Waals surface area contributed by atoms with Crippen LogP contribution < -0.4 is 5.73 Å². The van der Waals surface area contributed by atoms with E-state index in [1.165, 1.54) is 0 Å². The van der Waals surface area contributed by atoms with Gasteiger partial charge in [-0.05, 0) is 30.7 Å². The largest absolute Gasteiger partial charge is 0.339 e. The number of amides is 1. The van der Waals surface area contributed by atoms with Gasteiger partial charge in [-0.3, -0.25) is 4.79 Å². The fourth-order valence-corrected chi connectivity index (χ4v) is 2.64. The van der Waals surface area contributed by atoms with E-state index in [1.807, 2.05) is 37.3 Å². The van der Waals surface area contributed by atoms with Crippen LogP contribution in [0.5, 0.6) is 0 Å². The van der Waals surface area contributed by atoms with Gasteiger partial charge in [-0.25, -0.2) is 0 Å². The highest BCUT2D eigenvalue weighted by Gasteiger charge is 2.36. The summed E-state index contributed by atoms with van der Waals surface area (Å²) in [5, 5.41) is 0. The van der Waals surface area contributed by atoms with Crippen LogP contribution in [0, 0.1) is 11.8 Å². The Morgan fingerprint density at radius 2 is 1.86 bits per heavy atom. The van der Waals surface area contributed by atoms with E-state index in [4.69, 9.17) is 5.73 Å². The van der Waals surface area contributed by atoms with Crippen LogP contribution in [0.4, 0.5) is 0 Å². The Bertz CT molecular complexity index is 454. The molecule has 0 bridgehead atoms. The van der Waals surface area contributed by atoms with Gasteiger partial charge in [0.25, 0.3) is 0 Å². The van der Waals surface area contributed by atoms with Crippen molar-refractivity contribution < 1.29 is 4.79 Å². The van der Waals surface area contributed by atoms with Crippen LogP contribution in [0.2, 0.25) is 0 Å². The van der Waals surface area contributed by atoms with Crippen molar-refractivity contribution in [3.05, 3.63) is 35.9 Å². The summed E-state index contributed by atoms with van der Waals surface area (Å²) >= 11 is 0. The van der Waals surface area contributed by atoms with Gasteiger partial charge < -0.3 is 10.6 Å². The number of nitrogens with two attached hydrogens (primary N) is 1. The van der Waals surface area contributed by atoms with Crippen molar-refractivity contribution in [2.45, 2.75) is 52.1 Å². The van der Waals surface area contributed by atoms with Gasteiger partial charge in [0.2, 0.25) is 5.91 Å². The van der Waals surface area contributed by atoms with Gasteiger partial charge in [-0.2, -0.15) is 0 Å². The lowest BCUT2D eigenvalue weighted by molar-refractivity contribution is -0.136. The van der Waals surface area contributed by atoms with E-state index < -0.39 is 0 Å². The lowest BCUT2D eigenvalue weighted by atomic mass is 9.94. The second-order valence-electron chi connectivity index (χ2n) is 6.67. The van der Waals surface area contributed by atoms with E-state index in [9.17, 15) is 4.79 Å². The Labute approximate surface area is 128 Å². The number of nitrogens with zero attached hydrogens (tertiary/aromatic N) is 1. The highest BCUT2D eigenvalue weighted by Crippen LogP contribution is 2.31. The summed E-state index contributed by atoms with van der Waals surface area (Å²) in [5.41, 5.74) is 7.35. The van der Waals surface area contributed by atoms with Crippen molar-refractivity contribution >= 4 is 5.91 Å². The molecule has 1 aromatic carbocycles. The Hall–Kier alpha value is -1.35. The molecule has 1 aliphatic rings. The second kappa shape index (κ2) is 7.08. The number of carbonyl (C=O) groups is 1. The molecule has 1 amide bonds. The molecular formula is C18H28N2O. The molecule has 1 aromatic rings. The molecule has 0 radical (unpaired) electrons. The van der Waals surface area contributed by atoms with Crippen molar-refractivity contribution in [1.29, 1.82) is 0 Å². The third kappa shape index (κ3) is 4.31. The van der Waals surface area contributed by atoms with Crippen molar-refractivity contribution in [3.8, 4) is 0 Å². The zero-order chi connectivity index (χ0) is 15.4. The maximum absolute atomic E-state index is 12.8. The number of rotatable bonds is 7. The smallest absolute Gasteiger partial charge is 0.227 e. The van der Waals surface area contributed by atoms with Crippen LogP contribution in [0.25, 0.3) is 0 Å². The fraction of sp³-hybridized carbons (Fsp3) is 0.611. The van der Waals surface area contributed by atoms with Gasteiger partial charge in [0.05, 0.1) is 5.92 Å². The Balaban J connectivity index is 2.02. The highest BCUT2D eigenvalue weighted by molar-refractivity contribution is 5.80. The molecule has 0 aromatic heterocycles. The first-order valence-corrected chi connectivity index (χ1v) is 8.11. The number of benzene rings is 1. The van der Waals surface area contributed by atoms with Crippen molar-refractivity contribution in [3.63, 3.8) is 0 Å². The zero-order valence-corrected chi connectivity index (χ0v) is 13.5. The first kappa shape index (κ1) is 16.0. The SMILES string of the molecule is CC(C)CCN(C(=O)C(C)C(N)c1ccccc1)C1CC1. The molecule has 1 saturated carbocycles. The van der Waals surface area contributed by atoms with E-state index in [-0.39, 0.29) is 17.9 Å². The molecule has 0 spiro atoms. The number of hydrogen-bond acceptors (Lipinski definition) is 2. The average Bonchev–Trinajstić information content (AvgIpc) is 3.31. The summed E-state index contributed by atoms with van der Waals surface area (Å²) in [4.78, 5) is 14.9. The normalized spacial score (nSPS) is 17.6. The highest BCUT2D eigenvalue weighted by atomic mass is 16.2. The van der Waals surface area contributed by atoms with Crippen LogP contribution in [0.3, 0.4) is 0 Å². The molecule has 2 N–H and O–H groups in total. The van der Waals surface area contributed by atoms with Gasteiger partial charge in [0.1, 0.15) is 0 Å². The summed E-state index contributed by atoms with van der Waals surface area (Å²) in [5.74, 6) is 0.673. The lowest BCUT2D eigenvalue weighted by Crippen LogP contribution is -2.41. The molecular weight excluding hydrogens is 260 g/mol. The lowest BCUT2D eigenvalue weighted by Gasteiger charge is -2.29. The minimum Gasteiger partial charge on any atom is -0.339 e. The molecule has 0 saturated heterocycles. The summed E-state index contributed by atoms with van der Waals surface area (Å²) in [6.45, 7) is 7.24. The van der Waals surface area contributed by atoms with E-state index in [1.54, 1.807) is 0 Å². The minimum absolute atomic E-state index is 0.167. The molecule has 2 rings (SSSR count). The quantitative estimate of drug-likeness (QED) is 0.836. The maximum Gasteiger partial charge on any atom is 0.227 e. The van der Waals surface area contributed by atoms with Crippen LogP contribution in [0.15, 0.2) is 30.3 Å². The number of carbonyl (C=O) groups excluding carboxylic acids is 1. The zero-order valence-electron chi connectivity index (χ0n) is 13.5. The van der Waals surface area contributed by atoms with Crippen LogP contribution in [0.1, 0.15) is 51.6 Å². The van der Waals surface area contributed by atoms with Crippen molar-refractivity contribution in [2.24, 2.45) is 17.6 Å². The first-order chi connectivity index (χ1) is 10.0. The Kier molecular flexibility index (Phi) is 5.40. The van der Waals surface area contributed by atoms with Crippen LogP contribution in [-0.4, -0.2) is 23.4 Å². The molecule has 21 heavy (non-hydrogen) atoms. The second-order valence-corrected chi connectivity index (χ2v) is 6.67.